The number of Topliss-reactive ketones (excluding diaryl/α,β-unsaturated/α-hetero) is 1. The number of aryl methyl sites for hydroxylation is 1. The molecule has 0 atom stereocenters. The molecule has 2 rings (SSSR count). The van der Waals surface area contributed by atoms with Crippen LogP contribution in [0.15, 0.2) is 6.07 Å². The molecule has 1 fully saturated rings. The average molecular weight is 296 g/mol. The molecule has 0 aromatic heterocycles. The van der Waals surface area contributed by atoms with Gasteiger partial charge in [0.05, 0.1) is 12.7 Å². The third-order valence-electron chi connectivity index (χ3n) is 4.00. The van der Waals surface area contributed by atoms with Gasteiger partial charge in [-0.15, -0.1) is 0 Å². The lowest BCUT2D eigenvalue weighted by Crippen LogP contribution is -2.23. The Morgan fingerprint density at radius 1 is 1.35 bits per heavy atom. The number of benzene rings is 1. The van der Waals surface area contributed by atoms with Crippen LogP contribution in [0.3, 0.4) is 0 Å². The van der Waals surface area contributed by atoms with Gasteiger partial charge in [-0.1, -0.05) is 11.6 Å². The van der Waals surface area contributed by atoms with E-state index in [1.54, 1.807) is 7.11 Å². The Hall–Kier alpha value is -1.06. The molecule has 0 aliphatic carbocycles. The third-order valence-corrected chi connectivity index (χ3v) is 4.58. The highest BCUT2D eigenvalue weighted by Crippen LogP contribution is 2.32. The molecule has 1 heterocycles. The molecule has 1 saturated heterocycles. The predicted octanol–water partition coefficient (Wildman–Crippen LogP) is 3.63. The Balaban J connectivity index is 2.17. The van der Waals surface area contributed by atoms with Gasteiger partial charge in [-0.25, -0.2) is 0 Å². The zero-order chi connectivity index (χ0) is 14.7. The highest BCUT2D eigenvalue weighted by molar-refractivity contribution is 6.32. The van der Waals surface area contributed by atoms with E-state index in [9.17, 15) is 4.79 Å². The predicted molar refractivity (Wildman–Crippen MR) is 82.1 cm³/mol. The summed E-state index contributed by atoms with van der Waals surface area (Å²) in [6.07, 6.45) is 3.01. The zero-order valence-corrected chi connectivity index (χ0v) is 13.2. The van der Waals surface area contributed by atoms with Crippen LogP contribution in [0.25, 0.3) is 0 Å². The summed E-state index contributed by atoms with van der Waals surface area (Å²) in [4.78, 5) is 14.8. The second-order valence-corrected chi connectivity index (χ2v) is 5.81. The van der Waals surface area contributed by atoms with Gasteiger partial charge in [0.25, 0.3) is 0 Å². The number of likely N-dealkylation sites (tertiary alicyclic amines) is 1. The maximum absolute atomic E-state index is 12.5. The Kier molecular flexibility index (Phi) is 5.06. The summed E-state index contributed by atoms with van der Waals surface area (Å²) >= 11 is 6.26. The van der Waals surface area contributed by atoms with Crippen molar-refractivity contribution in [3.8, 4) is 5.75 Å². The number of rotatable bonds is 5. The molecule has 1 aliphatic rings. The molecule has 3 nitrogen and oxygen atoms in total. The SMILES string of the molecule is COc1cc(C)c(Cl)c(C)c1C(=O)CCN1CCCC1. The van der Waals surface area contributed by atoms with Gasteiger partial charge >= 0.3 is 0 Å². The molecular weight excluding hydrogens is 274 g/mol. The molecule has 0 bridgehead atoms. The second-order valence-electron chi connectivity index (χ2n) is 5.43. The summed E-state index contributed by atoms with van der Waals surface area (Å²) in [6.45, 7) is 6.86. The standard InChI is InChI=1S/C16H22ClNO2/c1-11-10-14(20-3)15(12(2)16(11)17)13(19)6-9-18-7-4-5-8-18/h10H,4-9H2,1-3H3. The molecule has 0 unspecified atom stereocenters. The summed E-state index contributed by atoms with van der Waals surface area (Å²) in [5, 5.41) is 0.662. The van der Waals surface area contributed by atoms with E-state index < -0.39 is 0 Å². The van der Waals surface area contributed by atoms with Crippen LogP contribution in [-0.4, -0.2) is 37.4 Å². The normalized spacial score (nSPS) is 15.6. The fourth-order valence-corrected chi connectivity index (χ4v) is 2.97. The lowest BCUT2D eigenvalue weighted by Gasteiger charge is -2.17. The number of carbonyl (C=O) groups excluding carboxylic acids is 1. The van der Waals surface area contributed by atoms with Crippen molar-refractivity contribution in [1.29, 1.82) is 0 Å². The fourth-order valence-electron chi connectivity index (χ4n) is 2.82. The van der Waals surface area contributed by atoms with Gasteiger partial charge < -0.3 is 9.64 Å². The van der Waals surface area contributed by atoms with Crippen LogP contribution in [0.5, 0.6) is 5.75 Å². The summed E-state index contributed by atoms with van der Waals surface area (Å²) < 4.78 is 5.36. The molecular formula is C16H22ClNO2. The van der Waals surface area contributed by atoms with E-state index in [0.717, 1.165) is 30.8 Å². The van der Waals surface area contributed by atoms with Crippen LogP contribution in [-0.2, 0) is 0 Å². The highest BCUT2D eigenvalue weighted by atomic mass is 35.5. The minimum absolute atomic E-state index is 0.119. The molecule has 0 N–H and O–H groups in total. The van der Waals surface area contributed by atoms with Crippen LogP contribution in [0.4, 0.5) is 0 Å². The molecule has 1 aliphatic heterocycles. The van der Waals surface area contributed by atoms with Gasteiger partial charge in [0, 0.05) is 18.0 Å². The molecule has 0 amide bonds. The van der Waals surface area contributed by atoms with Crippen molar-refractivity contribution in [3.05, 3.63) is 27.8 Å². The van der Waals surface area contributed by atoms with Gasteiger partial charge in [0.15, 0.2) is 5.78 Å². The van der Waals surface area contributed by atoms with E-state index in [4.69, 9.17) is 16.3 Å². The van der Waals surface area contributed by atoms with Crippen LogP contribution in [0.2, 0.25) is 5.02 Å². The minimum Gasteiger partial charge on any atom is -0.496 e. The Labute approximate surface area is 125 Å². The van der Waals surface area contributed by atoms with Crippen molar-refractivity contribution < 1.29 is 9.53 Å². The van der Waals surface area contributed by atoms with E-state index in [2.05, 4.69) is 4.90 Å². The van der Waals surface area contributed by atoms with Crippen LogP contribution >= 0.6 is 11.6 Å². The Morgan fingerprint density at radius 3 is 2.60 bits per heavy atom. The first-order valence-electron chi connectivity index (χ1n) is 7.14. The Bertz CT molecular complexity index is 508. The van der Waals surface area contributed by atoms with E-state index in [1.165, 1.54) is 12.8 Å². The number of nitrogens with zero attached hydrogens (tertiary/aromatic N) is 1. The van der Waals surface area contributed by atoms with Crippen LogP contribution < -0.4 is 4.74 Å². The van der Waals surface area contributed by atoms with Crippen molar-refractivity contribution in [1.82, 2.24) is 4.90 Å². The monoisotopic (exact) mass is 295 g/mol. The second kappa shape index (κ2) is 6.59. The first-order valence-corrected chi connectivity index (χ1v) is 7.51. The lowest BCUT2D eigenvalue weighted by molar-refractivity contribution is 0.0965. The van der Waals surface area contributed by atoms with Crippen molar-refractivity contribution in [3.63, 3.8) is 0 Å². The number of halogens is 1. The third kappa shape index (κ3) is 3.15. The minimum atomic E-state index is 0.119. The molecule has 1 aromatic rings. The van der Waals surface area contributed by atoms with Crippen LogP contribution in [0, 0.1) is 13.8 Å². The first kappa shape index (κ1) is 15.3. The van der Waals surface area contributed by atoms with Crippen LogP contribution in [0.1, 0.15) is 40.7 Å². The Morgan fingerprint density at radius 2 is 2.00 bits per heavy atom. The van der Waals surface area contributed by atoms with E-state index in [-0.39, 0.29) is 5.78 Å². The average Bonchev–Trinajstić information content (AvgIpc) is 2.95. The maximum Gasteiger partial charge on any atom is 0.168 e. The highest BCUT2D eigenvalue weighted by Gasteiger charge is 2.20. The van der Waals surface area contributed by atoms with Crippen molar-refractivity contribution in [2.45, 2.75) is 33.1 Å². The van der Waals surface area contributed by atoms with E-state index >= 15 is 0 Å². The molecule has 0 radical (unpaired) electrons. The zero-order valence-electron chi connectivity index (χ0n) is 12.5. The number of ketones is 1. The number of hydrogen-bond acceptors (Lipinski definition) is 3. The lowest BCUT2D eigenvalue weighted by atomic mass is 9.98. The smallest absolute Gasteiger partial charge is 0.168 e. The molecule has 4 heteroatoms. The summed E-state index contributed by atoms with van der Waals surface area (Å²) in [5.41, 5.74) is 2.41. The van der Waals surface area contributed by atoms with E-state index in [1.807, 2.05) is 19.9 Å². The molecule has 0 saturated carbocycles. The number of carbonyl (C=O) groups is 1. The summed E-state index contributed by atoms with van der Waals surface area (Å²) in [5.74, 6) is 0.754. The van der Waals surface area contributed by atoms with Gasteiger partial charge in [0.1, 0.15) is 5.75 Å². The van der Waals surface area contributed by atoms with E-state index in [0.29, 0.717) is 22.8 Å². The molecule has 110 valence electrons. The fraction of sp³-hybridized carbons (Fsp3) is 0.562. The van der Waals surface area contributed by atoms with Crippen molar-refractivity contribution in [2.24, 2.45) is 0 Å². The molecule has 0 spiro atoms. The number of methoxy groups -OCH3 is 1. The largest absolute Gasteiger partial charge is 0.496 e. The van der Waals surface area contributed by atoms with Gasteiger partial charge in [-0.2, -0.15) is 0 Å². The molecule has 1 aromatic carbocycles. The van der Waals surface area contributed by atoms with Crippen molar-refractivity contribution in [2.75, 3.05) is 26.7 Å². The van der Waals surface area contributed by atoms with Crippen molar-refractivity contribution >= 4 is 17.4 Å². The van der Waals surface area contributed by atoms with Gasteiger partial charge in [-0.05, 0) is 57.0 Å². The summed E-state index contributed by atoms with van der Waals surface area (Å²) in [7, 11) is 1.60. The molecule has 20 heavy (non-hydrogen) atoms. The topological polar surface area (TPSA) is 29.5 Å². The number of hydrogen-bond donors (Lipinski definition) is 0. The quantitative estimate of drug-likeness (QED) is 0.777. The van der Waals surface area contributed by atoms with Gasteiger partial charge in [-0.3, -0.25) is 4.79 Å². The first-order chi connectivity index (χ1) is 9.54. The van der Waals surface area contributed by atoms with Gasteiger partial charge in [0.2, 0.25) is 0 Å². The number of ether oxygens (including phenoxy) is 1. The maximum atomic E-state index is 12.5. The summed E-state index contributed by atoms with van der Waals surface area (Å²) in [6, 6.07) is 1.85.